The van der Waals surface area contributed by atoms with Gasteiger partial charge in [0.25, 0.3) is 5.91 Å². The molecular formula is C17H19BrN2O5S. The third-order valence-electron chi connectivity index (χ3n) is 3.98. The van der Waals surface area contributed by atoms with E-state index in [1.165, 1.54) is 16.4 Å². The Morgan fingerprint density at radius 1 is 1.27 bits per heavy atom. The van der Waals surface area contributed by atoms with Gasteiger partial charge in [-0.3, -0.25) is 4.79 Å². The minimum Gasteiger partial charge on any atom is -0.492 e. The van der Waals surface area contributed by atoms with Crippen LogP contribution in [0.2, 0.25) is 0 Å². The molecule has 1 saturated heterocycles. The van der Waals surface area contributed by atoms with Crippen LogP contribution in [0.5, 0.6) is 5.75 Å². The van der Waals surface area contributed by atoms with Crippen LogP contribution in [-0.4, -0.2) is 38.3 Å². The van der Waals surface area contributed by atoms with Crippen molar-refractivity contribution >= 4 is 37.5 Å². The molecule has 1 amide bonds. The first-order chi connectivity index (χ1) is 12.4. The number of nitrogens with one attached hydrogen (secondary N) is 1. The Hall–Kier alpha value is -1.84. The van der Waals surface area contributed by atoms with Crippen molar-refractivity contribution in [3.05, 3.63) is 40.8 Å². The van der Waals surface area contributed by atoms with E-state index in [0.717, 1.165) is 12.8 Å². The molecule has 2 aromatic rings. The number of carbonyl (C=O) groups excluding carboxylic acids is 1. The second kappa shape index (κ2) is 7.81. The molecule has 0 atom stereocenters. The van der Waals surface area contributed by atoms with Gasteiger partial charge in [0.2, 0.25) is 10.0 Å². The molecule has 0 spiro atoms. The molecule has 0 bridgehead atoms. The first-order valence-electron chi connectivity index (χ1n) is 8.25. The number of sulfonamides is 1. The summed E-state index contributed by atoms with van der Waals surface area (Å²) in [7, 11) is -3.68. The van der Waals surface area contributed by atoms with Crippen LogP contribution in [0, 0.1) is 0 Å². The molecule has 0 radical (unpaired) electrons. The van der Waals surface area contributed by atoms with E-state index in [1.54, 1.807) is 25.1 Å². The molecule has 9 heteroatoms. The summed E-state index contributed by atoms with van der Waals surface area (Å²) in [5, 5.41) is 2.65. The lowest BCUT2D eigenvalue weighted by Crippen LogP contribution is -2.28. The zero-order valence-corrected chi connectivity index (χ0v) is 16.6. The number of halogens is 1. The SMILES string of the molecule is CCOc1ccc(NC(=O)c2ccc(Br)o2)cc1S(=O)(=O)N1CCCC1. The van der Waals surface area contributed by atoms with Crippen molar-refractivity contribution in [2.75, 3.05) is 25.0 Å². The minimum absolute atomic E-state index is 0.0553. The van der Waals surface area contributed by atoms with Gasteiger partial charge in [-0.25, -0.2) is 8.42 Å². The maximum atomic E-state index is 12.9. The largest absolute Gasteiger partial charge is 0.492 e. The van der Waals surface area contributed by atoms with E-state index in [-0.39, 0.29) is 16.4 Å². The van der Waals surface area contributed by atoms with E-state index in [1.807, 2.05) is 0 Å². The van der Waals surface area contributed by atoms with Crippen LogP contribution >= 0.6 is 15.9 Å². The Balaban J connectivity index is 1.92. The average molecular weight is 443 g/mol. The Bertz CT molecular complexity index is 904. The average Bonchev–Trinajstić information content (AvgIpc) is 3.28. The smallest absolute Gasteiger partial charge is 0.291 e. The molecule has 1 aromatic heterocycles. The van der Waals surface area contributed by atoms with Gasteiger partial charge in [0, 0.05) is 18.8 Å². The van der Waals surface area contributed by atoms with Crippen LogP contribution in [0.3, 0.4) is 0 Å². The highest BCUT2D eigenvalue weighted by atomic mass is 79.9. The summed E-state index contributed by atoms with van der Waals surface area (Å²) in [5.41, 5.74) is 0.351. The van der Waals surface area contributed by atoms with Gasteiger partial charge in [0.1, 0.15) is 10.6 Å². The van der Waals surface area contributed by atoms with Crippen molar-refractivity contribution in [2.45, 2.75) is 24.7 Å². The van der Waals surface area contributed by atoms with Gasteiger partial charge >= 0.3 is 0 Å². The molecule has 140 valence electrons. The molecule has 0 aliphatic carbocycles. The highest BCUT2D eigenvalue weighted by molar-refractivity contribution is 9.10. The maximum Gasteiger partial charge on any atom is 0.291 e. The minimum atomic E-state index is -3.68. The van der Waals surface area contributed by atoms with E-state index in [9.17, 15) is 13.2 Å². The summed E-state index contributed by atoms with van der Waals surface area (Å²) >= 11 is 3.14. The number of carbonyl (C=O) groups is 1. The van der Waals surface area contributed by atoms with E-state index in [2.05, 4.69) is 21.2 Å². The Labute approximate surface area is 160 Å². The van der Waals surface area contributed by atoms with Crippen LogP contribution in [0.4, 0.5) is 5.69 Å². The van der Waals surface area contributed by atoms with Crippen molar-refractivity contribution in [1.82, 2.24) is 4.31 Å². The standard InChI is InChI=1S/C17H19BrN2O5S/c1-2-24-13-6-5-12(19-17(21)14-7-8-16(18)25-14)11-15(13)26(22,23)20-9-3-4-10-20/h5-8,11H,2-4,9-10H2,1H3,(H,19,21). The monoisotopic (exact) mass is 442 g/mol. The van der Waals surface area contributed by atoms with Crippen LogP contribution in [0.15, 0.2) is 44.3 Å². The first kappa shape index (κ1) is 18.9. The molecule has 1 N–H and O–H groups in total. The van der Waals surface area contributed by atoms with E-state index in [0.29, 0.717) is 30.1 Å². The molecule has 3 rings (SSSR count). The molecule has 26 heavy (non-hydrogen) atoms. The number of amides is 1. The zero-order valence-electron chi connectivity index (χ0n) is 14.2. The Kier molecular flexibility index (Phi) is 5.69. The molecule has 1 aromatic carbocycles. The van der Waals surface area contributed by atoms with Gasteiger partial charge in [-0.15, -0.1) is 0 Å². The number of nitrogens with zero attached hydrogens (tertiary/aromatic N) is 1. The maximum absolute atomic E-state index is 12.9. The number of benzene rings is 1. The number of hydrogen-bond donors (Lipinski definition) is 1. The Morgan fingerprint density at radius 2 is 2.00 bits per heavy atom. The first-order valence-corrected chi connectivity index (χ1v) is 10.5. The van der Waals surface area contributed by atoms with Gasteiger partial charge in [0.05, 0.1) is 6.61 Å². The van der Waals surface area contributed by atoms with Crippen LogP contribution in [0.25, 0.3) is 0 Å². The van der Waals surface area contributed by atoms with Crippen molar-refractivity contribution in [2.24, 2.45) is 0 Å². The van der Waals surface area contributed by atoms with Gasteiger partial charge < -0.3 is 14.5 Å². The molecule has 7 nitrogen and oxygen atoms in total. The van der Waals surface area contributed by atoms with E-state index >= 15 is 0 Å². The topological polar surface area (TPSA) is 88.8 Å². The number of ether oxygens (including phenoxy) is 1. The number of furan rings is 1. The van der Waals surface area contributed by atoms with Crippen molar-refractivity contribution in [3.63, 3.8) is 0 Å². The third-order valence-corrected chi connectivity index (χ3v) is 6.33. The number of anilines is 1. The highest BCUT2D eigenvalue weighted by Crippen LogP contribution is 2.32. The van der Waals surface area contributed by atoms with Crippen LogP contribution < -0.4 is 10.1 Å². The lowest BCUT2D eigenvalue weighted by molar-refractivity contribution is 0.0995. The fourth-order valence-corrected chi connectivity index (χ4v) is 4.74. The molecule has 1 aliphatic heterocycles. The summed E-state index contributed by atoms with van der Waals surface area (Å²) in [4.78, 5) is 12.3. The zero-order chi connectivity index (χ0) is 18.7. The fraction of sp³-hybridized carbons (Fsp3) is 0.353. The molecule has 0 saturated carbocycles. The van der Waals surface area contributed by atoms with Gasteiger partial charge in [0.15, 0.2) is 10.4 Å². The molecular weight excluding hydrogens is 424 g/mol. The second-order valence-corrected chi connectivity index (χ2v) is 8.45. The highest BCUT2D eigenvalue weighted by Gasteiger charge is 2.30. The summed E-state index contributed by atoms with van der Waals surface area (Å²) in [6.45, 7) is 3.11. The van der Waals surface area contributed by atoms with Crippen LogP contribution in [-0.2, 0) is 10.0 Å². The predicted octanol–water partition coefficient (Wildman–Crippen LogP) is 3.48. The fourth-order valence-electron chi connectivity index (χ4n) is 2.76. The molecule has 1 aliphatic rings. The van der Waals surface area contributed by atoms with Crippen molar-refractivity contribution in [1.29, 1.82) is 0 Å². The van der Waals surface area contributed by atoms with E-state index < -0.39 is 15.9 Å². The third kappa shape index (κ3) is 3.94. The predicted molar refractivity (Wildman–Crippen MR) is 100.0 cm³/mol. The molecule has 2 heterocycles. The lowest BCUT2D eigenvalue weighted by atomic mass is 10.3. The summed E-state index contributed by atoms with van der Waals surface area (Å²) in [5.74, 6) is -0.0720. The quantitative estimate of drug-likeness (QED) is 0.739. The lowest BCUT2D eigenvalue weighted by Gasteiger charge is -2.19. The summed E-state index contributed by atoms with van der Waals surface area (Å²) in [6, 6.07) is 7.71. The Morgan fingerprint density at radius 3 is 2.62 bits per heavy atom. The van der Waals surface area contributed by atoms with Gasteiger partial charge in [-0.05, 0) is 66.0 Å². The van der Waals surface area contributed by atoms with Gasteiger partial charge in [-0.1, -0.05) is 0 Å². The van der Waals surface area contributed by atoms with Crippen molar-refractivity contribution in [3.8, 4) is 5.75 Å². The number of hydrogen-bond acceptors (Lipinski definition) is 5. The van der Waals surface area contributed by atoms with Gasteiger partial charge in [-0.2, -0.15) is 4.31 Å². The van der Waals surface area contributed by atoms with E-state index in [4.69, 9.17) is 9.15 Å². The second-order valence-electron chi connectivity index (χ2n) is 5.76. The molecule has 1 fully saturated rings. The summed E-state index contributed by atoms with van der Waals surface area (Å²) < 4.78 is 38.5. The number of rotatable bonds is 6. The van der Waals surface area contributed by atoms with Crippen LogP contribution in [0.1, 0.15) is 30.3 Å². The normalized spacial score (nSPS) is 15.2. The molecule has 0 unspecified atom stereocenters. The van der Waals surface area contributed by atoms with Crippen molar-refractivity contribution < 1.29 is 22.4 Å². The summed E-state index contributed by atoms with van der Waals surface area (Å²) in [6.07, 6.45) is 1.68.